The number of benzene rings is 1. The molecule has 0 amide bonds. The van der Waals surface area contributed by atoms with Crippen LogP contribution in [-0.2, 0) is 18.2 Å². The summed E-state index contributed by atoms with van der Waals surface area (Å²) in [4.78, 5) is 19.4. The maximum absolute atomic E-state index is 14.6. The van der Waals surface area contributed by atoms with E-state index in [4.69, 9.17) is 14.5 Å². The fourth-order valence-corrected chi connectivity index (χ4v) is 5.75. The smallest absolute Gasteiger partial charge is 0.264 e. The minimum Gasteiger partial charge on any atom is -0.481 e. The number of pyridine rings is 2. The molecule has 0 N–H and O–H groups in total. The second kappa shape index (κ2) is 10.1. The maximum Gasteiger partial charge on any atom is 0.264 e. The van der Waals surface area contributed by atoms with Gasteiger partial charge in [0, 0.05) is 60.2 Å². The molecule has 0 radical (unpaired) electrons. The Morgan fingerprint density at radius 1 is 1.15 bits per heavy atom. The number of halogens is 2. The minimum atomic E-state index is -2.68. The molecule has 0 aliphatic carbocycles. The second-order valence-corrected chi connectivity index (χ2v) is 10.3. The Kier molecular flexibility index (Phi) is 6.58. The van der Waals surface area contributed by atoms with E-state index in [1.165, 1.54) is 7.11 Å². The van der Waals surface area contributed by atoms with Gasteiger partial charge in [-0.05, 0) is 68.4 Å². The van der Waals surface area contributed by atoms with Crippen molar-refractivity contribution in [3.05, 3.63) is 63.7 Å². The van der Waals surface area contributed by atoms with Gasteiger partial charge in [-0.3, -0.25) is 4.79 Å². The highest BCUT2D eigenvalue weighted by Crippen LogP contribution is 2.43. The number of rotatable bonds is 5. The topological polar surface area (TPSA) is 74.4 Å². The third-order valence-corrected chi connectivity index (χ3v) is 7.79. The van der Waals surface area contributed by atoms with Crippen molar-refractivity contribution in [1.29, 1.82) is 0 Å². The van der Waals surface area contributed by atoms with Crippen LogP contribution in [0.2, 0.25) is 0 Å². The molecule has 0 bridgehead atoms. The number of hydrogen-bond donors (Lipinski definition) is 0. The largest absolute Gasteiger partial charge is 0.481 e. The Balaban J connectivity index is 1.49. The van der Waals surface area contributed by atoms with Gasteiger partial charge in [-0.15, -0.1) is 0 Å². The summed E-state index contributed by atoms with van der Waals surface area (Å²) in [6, 6.07) is 7.00. The Hall–Kier alpha value is -3.79. The lowest BCUT2D eigenvalue weighted by Gasteiger charge is -2.32. The first-order valence-electron chi connectivity index (χ1n) is 13.3. The molecule has 10 heteroatoms. The Morgan fingerprint density at radius 3 is 2.74 bits per heavy atom. The lowest BCUT2D eigenvalue weighted by molar-refractivity contribution is -0.0394. The summed E-state index contributed by atoms with van der Waals surface area (Å²) in [6.07, 6.45) is 5.12. The van der Waals surface area contributed by atoms with Crippen molar-refractivity contribution in [2.75, 3.05) is 25.2 Å². The van der Waals surface area contributed by atoms with Crippen molar-refractivity contribution in [3.8, 4) is 17.0 Å². The third kappa shape index (κ3) is 4.46. The zero-order chi connectivity index (χ0) is 27.3. The summed E-state index contributed by atoms with van der Waals surface area (Å²) < 4.78 is 43.7. The molecule has 0 spiro atoms. The monoisotopic (exact) mass is 535 g/mol. The average molecular weight is 536 g/mol. The lowest BCUT2D eigenvalue weighted by atomic mass is 9.93. The molecule has 1 aromatic carbocycles. The number of nitrogens with zero attached hydrogens (tertiary/aromatic N) is 5. The van der Waals surface area contributed by atoms with Gasteiger partial charge in [0.25, 0.3) is 12.0 Å². The first-order chi connectivity index (χ1) is 18.9. The van der Waals surface area contributed by atoms with Gasteiger partial charge in [0.1, 0.15) is 12.0 Å². The molecule has 6 rings (SSSR count). The van der Waals surface area contributed by atoms with Crippen LogP contribution in [-0.4, -0.2) is 39.6 Å². The number of hydrogen-bond acceptors (Lipinski definition) is 6. The van der Waals surface area contributed by atoms with Crippen molar-refractivity contribution in [2.24, 2.45) is 7.05 Å². The SMILES string of the molecule is COc1cc2c(cc(C)c(=O)n2C)c(N2CCCc3cc(-c4cnn(C5CCCCO5)c4)c(C(F)F)cc32)n1. The van der Waals surface area contributed by atoms with Gasteiger partial charge >= 0.3 is 0 Å². The zero-order valence-corrected chi connectivity index (χ0v) is 22.3. The Bertz CT molecular complexity index is 1610. The number of anilines is 2. The third-order valence-electron chi connectivity index (χ3n) is 7.79. The molecule has 3 aromatic heterocycles. The summed E-state index contributed by atoms with van der Waals surface area (Å²) in [5.74, 6) is 0.936. The van der Waals surface area contributed by atoms with Gasteiger partial charge in [-0.25, -0.2) is 13.5 Å². The molecule has 1 saturated heterocycles. The molecule has 1 atom stereocenters. The highest BCUT2D eigenvalue weighted by molar-refractivity contribution is 5.94. The van der Waals surface area contributed by atoms with Crippen molar-refractivity contribution >= 4 is 22.4 Å². The molecule has 1 unspecified atom stereocenters. The summed E-state index contributed by atoms with van der Waals surface area (Å²) in [6.45, 7) is 3.04. The van der Waals surface area contributed by atoms with Gasteiger partial charge in [0.15, 0.2) is 0 Å². The molecule has 39 heavy (non-hydrogen) atoms. The van der Waals surface area contributed by atoms with Gasteiger partial charge in [-0.2, -0.15) is 10.1 Å². The quantitative estimate of drug-likeness (QED) is 0.320. The lowest BCUT2D eigenvalue weighted by Crippen LogP contribution is -2.27. The van der Waals surface area contributed by atoms with Crippen molar-refractivity contribution in [1.82, 2.24) is 19.3 Å². The average Bonchev–Trinajstić information content (AvgIpc) is 3.45. The van der Waals surface area contributed by atoms with Crippen LogP contribution in [0.3, 0.4) is 0 Å². The number of aryl methyl sites for hydroxylation is 3. The first-order valence-corrected chi connectivity index (χ1v) is 13.3. The fraction of sp³-hybridized carbons (Fsp3) is 0.414. The Morgan fingerprint density at radius 2 is 2.00 bits per heavy atom. The van der Waals surface area contributed by atoms with Gasteiger partial charge in [0.2, 0.25) is 5.88 Å². The first kappa shape index (κ1) is 25.5. The van der Waals surface area contributed by atoms with Crippen LogP contribution >= 0.6 is 0 Å². The van der Waals surface area contributed by atoms with Gasteiger partial charge in [-0.1, -0.05) is 0 Å². The van der Waals surface area contributed by atoms with Crippen LogP contribution in [0.1, 0.15) is 55.0 Å². The molecule has 2 aliphatic rings. The van der Waals surface area contributed by atoms with Crippen LogP contribution in [0, 0.1) is 6.92 Å². The minimum absolute atomic E-state index is 0.0551. The maximum atomic E-state index is 14.6. The zero-order valence-electron chi connectivity index (χ0n) is 22.3. The highest BCUT2D eigenvalue weighted by atomic mass is 19.3. The molecular formula is C29H31F2N5O3. The van der Waals surface area contributed by atoms with Crippen LogP contribution in [0.25, 0.3) is 22.0 Å². The fourth-order valence-electron chi connectivity index (χ4n) is 5.75. The van der Waals surface area contributed by atoms with Crippen molar-refractivity contribution in [2.45, 2.75) is 51.7 Å². The molecule has 8 nitrogen and oxygen atoms in total. The summed E-state index contributed by atoms with van der Waals surface area (Å²) in [7, 11) is 3.23. The predicted octanol–water partition coefficient (Wildman–Crippen LogP) is 5.84. The van der Waals surface area contributed by atoms with E-state index in [-0.39, 0.29) is 17.4 Å². The van der Waals surface area contributed by atoms with E-state index < -0.39 is 6.43 Å². The second-order valence-electron chi connectivity index (χ2n) is 10.3. The number of methoxy groups -OCH3 is 1. The summed E-state index contributed by atoms with van der Waals surface area (Å²) >= 11 is 0. The predicted molar refractivity (Wildman–Crippen MR) is 145 cm³/mol. The summed E-state index contributed by atoms with van der Waals surface area (Å²) in [5, 5.41) is 5.22. The van der Waals surface area contributed by atoms with Crippen LogP contribution in [0.15, 0.2) is 41.5 Å². The standard InChI is InChI=1S/C29H31F2N5O3/c1-17-11-22-24(34(2)29(17)37)14-25(38-3)33-28(22)35-9-6-7-18-12-20(21(27(30)31)13-23(18)35)19-15-32-36(16-19)26-8-4-5-10-39-26/h11-16,26-27H,4-10H2,1-3H3. The molecule has 5 heterocycles. The molecule has 0 saturated carbocycles. The van der Waals surface area contributed by atoms with Gasteiger partial charge < -0.3 is 18.9 Å². The van der Waals surface area contributed by atoms with E-state index in [0.717, 1.165) is 43.1 Å². The van der Waals surface area contributed by atoms with Crippen LogP contribution in [0.5, 0.6) is 5.88 Å². The van der Waals surface area contributed by atoms with Crippen molar-refractivity contribution < 1.29 is 18.3 Å². The van der Waals surface area contributed by atoms with E-state index in [1.807, 2.05) is 23.2 Å². The molecule has 2 aliphatic heterocycles. The normalized spacial score (nSPS) is 17.6. The molecule has 204 valence electrons. The highest BCUT2D eigenvalue weighted by Gasteiger charge is 2.28. The van der Waals surface area contributed by atoms with E-state index >= 15 is 0 Å². The van der Waals surface area contributed by atoms with Crippen LogP contribution in [0.4, 0.5) is 20.3 Å². The van der Waals surface area contributed by atoms with E-state index in [9.17, 15) is 13.6 Å². The van der Waals surface area contributed by atoms with Crippen molar-refractivity contribution in [3.63, 3.8) is 0 Å². The number of alkyl halides is 2. The number of ether oxygens (including phenoxy) is 2. The molecular weight excluding hydrogens is 504 g/mol. The van der Waals surface area contributed by atoms with E-state index in [1.54, 1.807) is 41.5 Å². The number of fused-ring (bicyclic) bond motifs is 2. The molecule has 4 aromatic rings. The Labute approximate surface area is 224 Å². The molecule has 1 fully saturated rings. The van der Waals surface area contributed by atoms with E-state index in [2.05, 4.69) is 5.10 Å². The summed E-state index contributed by atoms with van der Waals surface area (Å²) in [5.41, 5.74) is 3.87. The van der Waals surface area contributed by atoms with E-state index in [0.29, 0.717) is 52.7 Å². The van der Waals surface area contributed by atoms with Crippen LogP contribution < -0.4 is 15.2 Å². The number of aromatic nitrogens is 4. The van der Waals surface area contributed by atoms with Gasteiger partial charge in [0.05, 0.1) is 18.8 Å².